The van der Waals surface area contributed by atoms with Gasteiger partial charge in [-0.2, -0.15) is 0 Å². The Bertz CT molecular complexity index is 605. The summed E-state index contributed by atoms with van der Waals surface area (Å²) >= 11 is 0. The molecule has 3 N–H and O–H groups in total. The number of benzene rings is 1. The molecule has 1 aromatic rings. The lowest BCUT2D eigenvalue weighted by Crippen LogP contribution is -2.53. The van der Waals surface area contributed by atoms with Crippen LogP contribution in [0.25, 0.3) is 0 Å². The number of hydrogen-bond acceptors (Lipinski definition) is 4. The summed E-state index contributed by atoms with van der Waals surface area (Å²) in [5.41, 5.74) is 2.41. The second kappa shape index (κ2) is 9.17. The fourth-order valence-electron chi connectivity index (χ4n) is 3.19. The molecule has 2 aliphatic rings. The third-order valence-electron chi connectivity index (χ3n) is 4.68. The van der Waals surface area contributed by atoms with Crippen molar-refractivity contribution >= 4 is 24.2 Å². The fourth-order valence-corrected chi connectivity index (χ4v) is 3.19. The SMILES string of the molecule is C[C@H](NC(=O)[C@@H]1Cc2ccccc2CN1)C(=O)NCC1CCCO1.Cl. The molecule has 7 heteroatoms. The maximum absolute atomic E-state index is 12.4. The Morgan fingerprint density at radius 3 is 2.80 bits per heavy atom. The first kappa shape index (κ1) is 19.7. The number of hydrogen-bond donors (Lipinski definition) is 3. The van der Waals surface area contributed by atoms with E-state index in [4.69, 9.17) is 4.74 Å². The number of rotatable bonds is 5. The van der Waals surface area contributed by atoms with Gasteiger partial charge in [0.25, 0.3) is 0 Å². The molecular weight excluding hydrogens is 342 g/mol. The highest BCUT2D eigenvalue weighted by Crippen LogP contribution is 2.16. The summed E-state index contributed by atoms with van der Waals surface area (Å²) in [6.45, 7) is 3.66. The summed E-state index contributed by atoms with van der Waals surface area (Å²) in [7, 11) is 0. The van der Waals surface area contributed by atoms with E-state index in [2.05, 4.69) is 22.0 Å². The number of carbonyl (C=O) groups excluding carboxylic acids is 2. The lowest BCUT2D eigenvalue weighted by molar-refractivity contribution is -0.130. The Labute approximate surface area is 154 Å². The first-order chi connectivity index (χ1) is 11.6. The molecule has 2 aliphatic heterocycles. The molecule has 2 amide bonds. The predicted molar refractivity (Wildman–Crippen MR) is 97.6 cm³/mol. The number of carbonyl (C=O) groups is 2. The third-order valence-corrected chi connectivity index (χ3v) is 4.68. The summed E-state index contributed by atoms with van der Waals surface area (Å²) in [4.78, 5) is 24.5. The minimum absolute atomic E-state index is 0. The van der Waals surface area contributed by atoms with E-state index in [1.54, 1.807) is 6.92 Å². The highest BCUT2D eigenvalue weighted by molar-refractivity contribution is 5.89. The summed E-state index contributed by atoms with van der Waals surface area (Å²) in [5, 5.41) is 8.88. The molecule has 2 heterocycles. The zero-order valence-electron chi connectivity index (χ0n) is 14.4. The summed E-state index contributed by atoms with van der Waals surface area (Å²) < 4.78 is 5.48. The van der Waals surface area contributed by atoms with Gasteiger partial charge in [0.05, 0.1) is 12.1 Å². The van der Waals surface area contributed by atoms with Gasteiger partial charge in [-0.15, -0.1) is 12.4 Å². The standard InChI is InChI=1S/C18H25N3O3.ClH/c1-12(17(22)20-11-15-7-4-8-24-15)21-18(23)16-9-13-5-2-3-6-14(13)10-19-16;/h2-3,5-6,12,15-16,19H,4,7-11H2,1H3,(H,20,22)(H,21,23);1H/t12-,15?,16-;/m0./s1. The normalized spacial score (nSPS) is 23.1. The van der Waals surface area contributed by atoms with Crippen LogP contribution in [0.2, 0.25) is 0 Å². The average molecular weight is 368 g/mol. The number of ether oxygens (including phenoxy) is 1. The Balaban J connectivity index is 0.00000225. The van der Waals surface area contributed by atoms with Crippen molar-refractivity contribution in [3.05, 3.63) is 35.4 Å². The third kappa shape index (κ3) is 5.17. The lowest BCUT2D eigenvalue weighted by Gasteiger charge is -2.26. The van der Waals surface area contributed by atoms with Crippen LogP contribution in [0.5, 0.6) is 0 Å². The van der Waals surface area contributed by atoms with Crippen LogP contribution in [0.4, 0.5) is 0 Å². The molecule has 0 radical (unpaired) electrons. The second-order valence-electron chi connectivity index (χ2n) is 6.52. The first-order valence-electron chi connectivity index (χ1n) is 8.63. The molecule has 3 rings (SSSR count). The maximum atomic E-state index is 12.4. The molecule has 25 heavy (non-hydrogen) atoms. The van der Waals surface area contributed by atoms with Crippen molar-refractivity contribution in [3.8, 4) is 0 Å². The zero-order chi connectivity index (χ0) is 16.9. The van der Waals surface area contributed by atoms with E-state index in [0.29, 0.717) is 19.5 Å². The monoisotopic (exact) mass is 367 g/mol. The minimum atomic E-state index is -0.558. The Kier molecular flexibility index (Phi) is 7.23. The van der Waals surface area contributed by atoms with Crippen molar-refractivity contribution in [1.29, 1.82) is 0 Å². The molecule has 1 saturated heterocycles. The molecule has 0 saturated carbocycles. The predicted octanol–water partition coefficient (Wildman–Crippen LogP) is 0.923. The van der Waals surface area contributed by atoms with Gasteiger partial charge in [-0.3, -0.25) is 9.59 Å². The van der Waals surface area contributed by atoms with Gasteiger partial charge in [-0.25, -0.2) is 0 Å². The molecule has 0 aromatic heterocycles. The van der Waals surface area contributed by atoms with Crippen LogP contribution in [0.3, 0.4) is 0 Å². The van der Waals surface area contributed by atoms with Crippen LogP contribution >= 0.6 is 12.4 Å². The second-order valence-corrected chi connectivity index (χ2v) is 6.52. The molecule has 6 nitrogen and oxygen atoms in total. The van der Waals surface area contributed by atoms with E-state index in [1.165, 1.54) is 11.1 Å². The molecular formula is C18H26ClN3O3. The molecule has 0 bridgehead atoms. The van der Waals surface area contributed by atoms with E-state index in [1.807, 2.05) is 18.2 Å². The molecule has 1 aromatic carbocycles. The van der Waals surface area contributed by atoms with Gasteiger partial charge in [0.2, 0.25) is 11.8 Å². The van der Waals surface area contributed by atoms with Gasteiger partial charge in [-0.05, 0) is 37.3 Å². The maximum Gasteiger partial charge on any atom is 0.242 e. The van der Waals surface area contributed by atoms with Crippen LogP contribution in [-0.4, -0.2) is 43.2 Å². The van der Waals surface area contributed by atoms with Crippen molar-refractivity contribution in [2.45, 2.75) is 50.9 Å². The molecule has 1 fully saturated rings. The smallest absolute Gasteiger partial charge is 0.242 e. The fraction of sp³-hybridized carbons (Fsp3) is 0.556. The lowest BCUT2D eigenvalue weighted by atomic mass is 9.95. The minimum Gasteiger partial charge on any atom is -0.376 e. The largest absolute Gasteiger partial charge is 0.376 e. The Morgan fingerprint density at radius 1 is 1.32 bits per heavy atom. The Morgan fingerprint density at radius 2 is 2.08 bits per heavy atom. The molecule has 3 atom stereocenters. The highest BCUT2D eigenvalue weighted by atomic mass is 35.5. The molecule has 0 aliphatic carbocycles. The summed E-state index contributed by atoms with van der Waals surface area (Å²) in [5.74, 6) is -0.306. The van der Waals surface area contributed by atoms with Crippen molar-refractivity contribution < 1.29 is 14.3 Å². The van der Waals surface area contributed by atoms with Gasteiger partial charge < -0.3 is 20.7 Å². The summed E-state index contributed by atoms with van der Waals surface area (Å²) in [6, 6.07) is 7.25. The van der Waals surface area contributed by atoms with Crippen molar-refractivity contribution in [1.82, 2.24) is 16.0 Å². The average Bonchev–Trinajstić information content (AvgIpc) is 3.12. The van der Waals surface area contributed by atoms with Crippen molar-refractivity contribution in [2.75, 3.05) is 13.2 Å². The number of nitrogens with one attached hydrogen (secondary N) is 3. The van der Waals surface area contributed by atoms with Crippen LogP contribution in [-0.2, 0) is 27.3 Å². The summed E-state index contributed by atoms with van der Waals surface area (Å²) in [6.07, 6.45) is 2.77. The van der Waals surface area contributed by atoms with Crippen molar-refractivity contribution in [3.63, 3.8) is 0 Å². The van der Waals surface area contributed by atoms with Gasteiger partial charge >= 0.3 is 0 Å². The van der Waals surface area contributed by atoms with Crippen LogP contribution in [0, 0.1) is 0 Å². The van der Waals surface area contributed by atoms with Gasteiger partial charge in [-0.1, -0.05) is 24.3 Å². The van der Waals surface area contributed by atoms with E-state index < -0.39 is 6.04 Å². The van der Waals surface area contributed by atoms with Gasteiger partial charge in [0, 0.05) is 19.7 Å². The van der Waals surface area contributed by atoms with E-state index in [-0.39, 0.29) is 36.4 Å². The molecule has 138 valence electrons. The highest BCUT2D eigenvalue weighted by Gasteiger charge is 2.26. The first-order valence-corrected chi connectivity index (χ1v) is 8.63. The van der Waals surface area contributed by atoms with E-state index >= 15 is 0 Å². The quantitative estimate of drug-likeness (QED) is 0.723. The number of fused-ring (bicyclic) bond motifs is 1. The Hall–Kier alpha value is -1.63. The topological polar surface area (TPSA) is 79.5 Å². The van der Waals surface area contributed by atoms with Crippen LogP contribution in [0.1, 0.15) is 30.9 Å². The molecule has 1 unspecified atom stereocenters. The van der Waals surface area contributed by atoms with E-state index in [9.17, 15) is 9.59 Å². The van der Waals surface area contributed by atoms with Crippen molar-refractivity contribution in [2.24, 2.45) is 0 Å². The van der Waals surface area contributed by atoms with Crippen LogP contribution in [0.15, 0.2) is 24.3 Å². The number of amides is 2. The van der Waals surface area contributed by atoms with Gasteiger partial charge in [0.15, 0.2) is 0 Å². The van der Waals surface area contributed by atoms with Crippen LogP contribution < -0.4 is 16.0 Å². The number of halogens is 1. The van der Waals surface area contributed by atoms with E-state index in [0.717, 1.165) is 19.4 Å². The van der Waals surface area contributed by atoms with Gasteiger partial charge in [0.1, 0.15) is 6.04 Å². The molecule has 0 spiro atoms. The zero-order valence-corrected chi connectivity index (χ0v) is 15.2.